The predicted molar refractivity (Wildman–Crippen MR) is 103 cm³/mol. The minimum absolute atomic E-state index is 0.394. The van der Waals surface area contributed by atoms with Crippen LogP contribution in [0.15, 0.2) is 34.5 Å². The molecule has 0 bridgehead atoms. The monoisotopic (exact) mass is 366 g/mol. The van der Waals surface area contributed by atoms with Crippen molar-refractivity contribution in [2.24, 2.45) is 15.9 Å². The summed E-state index contributed by atoms with van der Waals surface area (Å²) in [6, 6.07) is 7.81. The third-order valence-electron chi connectivity index (χ3n) is 2.83. The number of nitrogens with two attached hydrogens (primary N) is 1. The lowest BCUT2D eigenvalue weighted by atomic mass is 10.2. The Hall–Kier alpha value is -1.37. The minimum atomic E-state index is 0.394. The van der Waals surface area contributed by atoms with Crippen LogP contribution >= 0.6 is 34.7 Å². The molecule has 0 amide bonds. The smallest absolute Gasteiger partial charge is 0.180 e. The van der Waals surface area contributed by atoms with Gasteiger partial charge in [-0.25, -0.2) is 4.98 Å². The fraction of sp³-hybridized carbons (Fsp3) is 0.312. The summed E-state index contributed by atoms with van der Waals surface area (Å²) in [4.78, 5) is 5.58. The van der Waals surface area contributed by atoms with E-state index in [2.05, 4.69) is 29.0 Å². The Labute approximate surface area is 149 Å². The fourth-order valence-corrected chi connectivity index (χ4v) is 3.51. The van der Waals surface area contributed by atoms with Crippen molar-refractivity contribution in [1.29, 1.82) is 0 Å². The summed E-state index contributed by atoms with van der Waals surface area (Å²) in [7, 11) is 0. The van der Waals surface area contributed by atoms with E-state index in [0.29, 0.717) is 10.4 Å². The van der Waals surface area contributed by atoms with Crippen LogP contribution in [0.2, 0.25) is 5.02 Å². The molecule has 2 aromatic rings. The molecular weight excluding hydrogens is 348 g/mol. The Kier molecular flexibility index (Phi) is 6.62. The molecule has 0 radical (unpaired) electrons. The zero-order valence-electron chi connectivity index (χ0n) is 13.3. The summed E-state index contributed by atoms with van der Waals surface area (Å²) in [5.74, 6) is 0. The summed E-state index contributed by atoms with van der Waals surface area (Å²) in [6.07, 6.45) is 2.50. The van der Waals surface area contributed by atoms with Crippen molar-refractivity contribution in [3.63, 3.8) is 0 Å². The van der Waals surface area contributed by atoms with E-state index in [4.69, 9.17) is 17.3 Å². The standard InChI is InChI=1S/C16H19ClN4S2/c1-10(2)22-16(18)21-19-9-14-11(3)20-15(23-14)8-12-4-6-13(17)7-5-12/h4-7,9-10H,8H2,1-3H3,(H2,18,21)/b19-9+. The molecule has 7 heteroatoms. The summed E-state index contributed by atoms with van der Waals surface area (Å²) < 4.78 is 0. The lowest BCUT2D eigenvalue weighted by molar-refractivity contribution is 1.10. The van der Waals surface area contributed by atoms with Crippen LogP contribution in [-0.4, -0.2) is 21.6 Å². The topological polar surface area (TPSA) is 63.6 Å². The fourth-order valence-electron chi connectivity index (χ4n) is 1.84. The molecule has 0 atom stereocenters. The van der Waals surface area contributed by atoms with Crippen molar-refractivity contribution in [3.8, 4) is 0 Å². The molecule has 0 spiro atoms. The normalized spacial score (nSPS) is 12.5. The molecule has 1 aromatic heterocycles. The van der Waals surface area contributed by atoms with Crippen LogP contribution in [0.3, 0.4) is 0 Å². The van der Waals surface area contributed by atoms with E-state index in [1.165, 1.54) is 17.3 Å². The number of aromatic nitrogens is 1. The quantitative estimate of drug-likeness (QED) is 0.481. The summed E-state index contributed by atoms with van der Waals surface area (Å²) in [5.41, 5.74) is 7.91. The van der Waals surface area contributed by atoms with Gasteiger partial charge in [-0.2, -0.15) is 5.10 Å². The third-order valence-corrected chi connectivity index (χ3v) is 4.97. The van der Waals surface area contributed by atoms with Gasteiger partial charge in [-0.05, 0) is 24.6 Å². The molecule has 2 rings (SSSR count). The van der Waals surface area contributed by atoms with Gasteiger partial charge in [0.15, 0.2) is 5.17 Å². The first-order chi connectivity index (χ1) is 10.9. The van der Waals surface area contributed by atoms with Gasteiger partial charge in [-0.3, -0.25) is 0 Å². The van der Waals surface area contributed by atoms with Crippen molar-refractivity contribution in [3.05, 3.63) is 50.4 Å². The van der Waals surface area contributed by atoms with Crippen LogP contribution in [-0.2, 0) is 6.42 Å². The van der Waals surface area contributed by atoms with E-state index >= 15 is 0 Å². The maximum absolute atomic E-state index is 5.90. The Bertz CT molecular complexity index is 705. The lowest BCUT2D eigenvalue weighted by Crippen LogP contribution is -2.09. The zero-order chi connectivity index (χ0) is 16.8. The van der Waals surface area contributed by atoms with Crippen molar-refractivity contribution in [2.75, 3.05) is 0 Å². The van der Waals surface area contributed by atoms with Gasteiger partial charge in [0, 0.05) is 16.7 Å². The van der Waals surface area contributed by atoms with Gasteiger partial charge < -0.3 is 5.73 Å². The number of thioether (sulfide) groups is 1. The summed E-state index contributed by atoms with van der Waals surface area (Å²) >= 11 is 9.01. The molecule has 0 unspecified atom stereocenters. The van der Waals surface area contributed by atoms with Crippen molar-refractivity contribution in [1.82, 2.24) is 4.98 Å². The highest BCUT2D eigenvalue weighted by Gasteiger charge is 2.07. The van der Waals surface area contributed by atoms with E-state index in [0.717, 1.165) is 27.0 Å². The number of halogens is 1. The number of aryl methyl sites for hydroxylation is 1. The van der Waals surface area contributed by atoms with Gasteiger partial charge in [0.25, 0.3) is 0 Å². The molecule has 1 heterocycles. The van der Waals surface area contributed by atoms with Crippen LogP contribution in [0, 0.1) is 6.92 Å². The van der Waals surface area contributed by atoms with E-state index in [1.807, 2.05) is 31.2 Å². The van der Waals surface area contributed by atoms with Gasteiger partial charge in [0.2, 0.25) is 0 Å². The average molecular weight is 367 g/mol. The Morgan fingerprint density at radius 1 is 1.39 bits per heavy atom. The Morgan fingerprint density at radius 3 is 2.74 bits per heavy atom. The maximum Gasteiger partial charge on any atom is 0.180 e. The van der Waals surface area contributed by atoms with Crippen LogP contribution < -0.4 is 5.73 Å². The van der Waals surface area contributed by atoms with E-state index in [1.54, 1.807) is 17.6 Å². The molecule has 1 aromatic carbocycles. The summed E-state index contributed by atoms with van der Waals surface area (Å²) in [5, 5.41) is 10.7. The molecular formula is C16H19ClN4S2. The highest BCUT2D eigenvalue weighted by molar-refractivity contribution is 8.14. The SMILES string of the molecule is Cc1nc(Cc2ccc(Cl)cc2)sc1/C=N/N=C(\N)SC(C)C. The van der Waals surface area contributed by atoms with E-state index in [-0.39, 0.29) is 0 Å². The third kappa shape index (κ3) is 5.97. The molecule has 0 aliphatic carbocycles. The second-order valence-electron chi connectivity index (χ2n) is 5.21. The Morgan fingerprint density at radius 2 is 2.09 bits per heavy atom. The number of hydrogen-bond acceptors (Lipinski definition) is 5. The molecule has 4 nitrogen and oxygen atoms in total. The first-order valence-corrected chi connectivity index (χ1v) is 9.25. The predicted octanol–water partition coefficient (Wildman–Crippen LogP) is 4.49. The summed E-state index contributed by atoms with van der Waals surface area (Å²) in [6.45, 7) is 6.10. The highest BCUT2D eigenvalue weighted by atomic mass is 35.5. The molecule has 0 fully saturated rings. The van der Waals surface area contributed by atoms with E-state index < -0.39 is 0 Å². The molecule has 2 N–H and O–H groups in total. The first kappa shape index (κ1) is 18.0. The molecule has 122 valence electrons. The van der Waals surface area contributed by atoms with Crippen molar-refractivity contribution in [2.45, 2.75) is 32.4 Å². The molecule has 0 aliphatic heterocycles. The van der Waals surface area contributed by atoms with E-state index in [9.17, 15) is 0 Å². The maximum atomic E-state index is 5.90. The minimum Gasteiger partial charge on any atom is -0.377 e. The molecule has 0 aliphatic rings. The molecule has 23 heavy (non-hydrogen) atoms. The lowest BCUT2D eigenvalue weighted by Gasteiger charge is -2.00. The van der Waals surface area contributed by atoms with Crippen molar-refractivity contribution >= 4 is 46.1 Å². The number of amidine groups is 1. The number of rotatable bonds is 5. The Balaban J connectivity index is 2.04. The van der Waals surface area contributed by atoms with Gasteiger partial charge >= 0.3 is 0 Å². The molecule has 0 saturated heterocycles. The van der Waals surface area contributed by atoms with Crippen LogP contribution in [0.1, 0.15) is 35.0 Å². The number of benzene rings is 1. The average Bonchev–Trinajstić information content (AvgIpc) is 2.81. The highest BCUT2D eigenvalue weighted by Crippen LogP contribution is 2.20. The number of hydrogen-bond donors (Lipinski definition) is 1. The van der Waals surface area contributed by atoms with Gasteiger partial charge in [0.1, 0.15) is 0 Å². The van der Waals surface area contributed by atoms with Gasteiger partial charge in [-0.1, -0.05) is 49.3 Å². The largest absolute Gasteiger partial charge is 0.377 e. The number of thiazole rings is 1. The zero-order valence-corrected chi connectivity index (χ0v) is 15.7. The second kappa shape index (κ2) is 8.47. The van der Waals surface area contributed by atoms with Crippen molar-refractivity contribution < 1.29 is 0 Å². The molecule has 0 saturated carbocycles. The second-order valence-corrected chi connectivity index (χ2v) is 8.36. The first-order valence-electron chi connectivity index (χ1n) is 7.18. The van der Waals surface area contributed by atoms with Crippen LogP contribution in [0.4, 0.5) is 0 Å². The van der Waals surface area contributed by atoms with Gasteiger partial charge in [0.05, 0.1) is 21.8 Å². The van der Waals surface area contributed by atoms with Gasteiger partial charge in [-0.15, -0.1) is 16.4 Å². The van der Waals surface area contributed by atoms with Crippen LogP contribution in [0.25, 0.3) is 0 Å². The van der Waals surface area contributed by atoms with Crippen LogP contribution in [0.5, 0.6) is 0 Å². The number of nitrogens with zero attached hydrogens (tertiary/aromatic N) is 3.